The highest BCUT2D eigenvalue weighted by Crippen LogP contribution is 2.34. The number of carbonyl (C=O) groups excluding carboxylic acids is 2. The zero-order valence-electron chi connectivity index (χ0n) is 25.2. The van der Waals surface area contributed by atoms with Crippen LogP contribution in [0.25, 0.3) is 0 Å². The van der Waals surface area contributed by atoms with Crippen LogP contribution >= 0.6 is 0 Å². The summed E-state index contributed by atoms with van der Waals surface area (Å²) in [5.41, 5.74) is 2.04. The molecule has 2 amide bonds. The molecule has 0 aromatic heterocycles. The number of rotatable bonds is 14. The van der Waals surface area contributed by atoms with E-state index in [0.717, 1.165) is 21.9 Å². The molecule has 0 aliphatic heterocycles. The Hall–Kier alpha value is -4.05. The maximum Gasteiger partial charge on any atom is 0.264 e. The number of nitrogens with zero attached hydrogens (tertiary/aromatic N) is 2. The van der Waals surface area contributed by atoms with Crippen LogP contribution in [-0.2, 0) is 26.2 Å². The first-order valence-corrected chi connectivity index (χ1v) is 15.4. The van der Waals surface area contributed by atoms with Crippen molar-refractivity contribution < 1.29 is 27.5 Å². The molecule has 0 bridgehead atoms. The number of benzene rings is 3. The van der Waals surface area contributed by atoms with Gasteiger partial charge in [0, 0.05) is 18.7 Å². The van der Waals surface area contributed by atoms with E-state index in [1.165, 1.54) is 37.3 Å². The largest absolute Gasteiger partial charge is 0.493 e. The molecule has 0 fully saturated rings. The number of ether oxygens (including phenoxy) is 2. The lowest BCUT2D eigenvalue weighted by molar-refractivity contribution is -0.140. The lowest BCUT2D eigenvalue weighted by Crippen LogP contribution is -2.53. The summed E-state index contributed by atoms with van der Waals surface area (Å²) in [6, 6.07) is 19.3. The number of aryl methyl sites for hydroxylation is 1. The first-order valence-electron chi connectivity index (χ1n) is 14.0. The second kappa shape index (κ2) is 14.7. The van der Waals surface area contributed by atoms with Gasteiger partial charge >= 0.3 is 0 Å². The van der Waals surface area contributed by atoms with Gasteiger partial charge in [0.15, 0.2) is 11.5 Å². The Balaban J connectivity index is 2.11. The predicted molar refractivity (Wildman–Crippen MR) is 164 cm³/mol. The number of anilines is 1. The van der Waals surface area contributed by atoms with Crippen LogP contribution in [0.15, 0.2) is 77.7 Å². The van der Waals surface area contributed by atoms with Gasteiger partial charge in [0.2, 0.25) is 11.8 Å². The predicted octanol–water partition coefficient (Wildman–Crippen LogP) is 4.93. The van der Waals surface area contributed by atoms with E-state index in [1.54, 1.807) is 30.3 Å². The van der Waals surface area contributed by atoms with E-state index >= 15 is 0 Å². The van der Waals surface area contributed by atoms with Gasteiger partial charge in [-0.25, -0.2) is 8.42 Å². The normalized spacial score (nSPS) is 12.6. The quantitative estimate of drug-likeness (QED) is 0.283. The number of methoxy groups -OCH3 is 2. The van der Waals surface area contributed by atoms with Gasteiger partial charge in [-0.1, -0.05) is 56.3 Å². The van der Waals surface area contributed by atoms with E-state index in [1.807, 2.05) is 52.0 Å². The molecule has 0 saturated heterocycles. The van der Waals surface area contributed by atoms with Gasteiger partial charge in [0.05, 0.1) is 24.8 Å². The van der Waals surface area contributed by atoms with Gasteiger partial charge in [0.1, 0.15) is 12.6 Å². The third-order valence-electron chi connectivity index (χ3n) is 7.25. The first kappa shape index (κ1) is 32.5. The molecule has 3 aromatic rings. The van der Waals surface area contributed by atoms with Crippen molar-refractivity contribution in [1.29, 1.82) is 0 Å². The minimum Gasteiger partial charge on any atom is -0.493 e. The Morgan fingerprint density at radius 2 is 1.52 bits per heavy atom. The van der Waals surface area contributed by atoms with Crippen LogP contribution in [-0.4, -0.2) is 58.0 Å². The Morgan fingerprint density at radius 1 is 0.881 bits per heavy atom. The molecule has 0 saturated carbocycles. The SMILES string of the molecule is CC[C@@H](C)NC(=O)[C@H](CC)N(Cc1ccccc1C)C(=O)CN(c1ccc(OC)c(OC)c1)S(=O)(=O)c1ccccc1. The molecule has 0 heterocycles. The van der Waals surface area contributed by atoms with Crippen molar-refractivity contribution in [3.8, 4) is 11.5 Å². The molecule has 0 aliphatic rings. The molecule has 0 radical (unpaired) electrons. The van der Waals surface area contributed by atoms with Gasteiger partial charge in [-0.2, -0.15) is 0 Å². The second-order valence-electron chi connectivity index (χ2n) is 10.1. The Bertz CT molecular complexity index is 1460. The van der Waals surface area contributed by atoms with Gasteiger partial charge in [0.25, 0.3) is 10.0 Å². The van der Waals surface area contributed by atoms with E-state index in [-0.39, 0.29) is 29.1 Å². The molecular formula is C32H41N3O6S. The Labute approximate surface area is 249 Å². The summed E-state index contributed by atoms with van der Waals surface area (Å²) in [7, 11) is -1.26. The fourth-order valence-electron chi connectivity index (χ4n) is 4.56. The zero-order chi connectivity index (χ0) is 30.9. The van der Waals surface area contributed by atoms with Crippen LogP contribution in [0.5, 0.6) is 11.5 Å². The zero-order valence-corrected chi connectivity index (χ0v) is 26.0. The number of carbonyl (C=O) groups is 2. The smallest absolute Gasteiger partial charge is 0.264 e. The highest BCUT2D eigenvalue weighted by atomic mass is 32.2. The summed E-state index contributed by atoms with van der Waals surface area (Å²) < 4.78 is 39.9. The molecule has 3 aromatic carbocycles. The van der Waals surface area contributed by atoms with Crippen molar-refractivity contribution in [1.82, 2.24) is 10.2 Å². The molecule has 9 nitrogen and oxygen atoms in total. The van der Waals surface area contributed by atoms with E-state index in [9.17, 15) is 18.0 Å². The first-order chi connectivity index (χ1) is 20.1. The third kappa shape index (κ3) is 7.61. The van der Waals surface area contributed by atoms with Crippen molar-refractivity contribution in [3.05, 3.63) is 83.9 Å². The molecule has 10 heteroatoms. The van der Waals surface area contributed by atoms with Gasteiger partial charge in [-0.05, 0) is 62.1 Å². The van der Waals surface area contributed by atoms with Crippen LogP contribution in [0.2, 0.25) is 0 Å². The average molecular weight is 596 g/mol. The third-order valence-corrected chi connectivity index (χ3v) is 9.04. The van der Waals surface area contributed by atoms with Crippen molar-refractivity contribution in [2.45, 2.75) is 64.1 Å². The highest BCUT2D eigenvalue weighted by Gasteiger charge is 2.34. The van der Waals surface area contributed by atoms with Crippen LogP contribution in [0.3, 0.4) is 0 Å². The molecular weight excluding hydrogens is 554 g/mol. The number of nitrogens with one attached hydrogen (secondary N) is 1. The van der Waals surface area contributed by atoms with Crippen LogP contribution in [0.4, 0.5) is 5.69 Å². The average Bonchev–Trinajstić information content (AvgIpc) is 3.00. The molecule has 3 rings (SSSR count). The van der Waals surface area contributed by atoms with E-state index in [2.05, 4.69) is 5.32 Å². The van der Waals surface area contributed by atoms with Crippen molar-refractivity contribution in [2.75, 3.05) is 25.1 Å². The van der Waals surface area contributed by atoms with Crippen molar-refractivity contribution >= 4 is 27.5 Å². The fraction of sp³-hybridized carbons (Fsp3) is 0.375. The monoisotopic (exact) mass is 595 g/mol. The molecule has 0 spiro atoms. The fourth-order valence-corrected chi connectivity index (χ4v) is 5.99. The molecule has 42 heavy (non-hydrogen) atoms. The topological polar surface area (TPSA) is 105 Å². The number of sulfonamides is 1. The summed E-state index contributed by atoms with van der Waals surface area (Å²) in [5.74, 6) is -0.0681. The standard InChI is InChI=1S/C32H41N3O6S/c1-7-24(4)33-32(37)28(8-2)34(21-25-15-13-12-14-23(25)3)31(36)22-35(42(38,39)27-16-10-9-11-17-27)26-18-19-29(40-5)30(20-26)41-6/h9-20,24,28H,7-8,21-22H2,1-6H3,(H,33,37)/t24-,28+/m1/s1. The molecule has 0 aliphatic carbocycles. The summed E-state index contributed by atoms with van der Waals surface area (Å²) in [6.07, 6.45) is 1.08. The van der Waals surface area contributed by atoms with Gasteiger partial charge < -0.3 is 19.7 Å². The van der Waals surface area contributed by atoms with Crippen LogP contribution in [0, 0.1) is 6.92 Å². The van der Waals surface area contributed by atoms with Gasteiger partial charge in [-0.3, -0.25) is 13.9 Å². The number of hydrogen-bond acceptors (Lipinski definition) is 6. The summed E-state index contributed by atoms with van der Waals surface area (Å²) in [4.78, 5) is 29.2. The second-order valence-corrected chi connectivity index (χ2v) is 11.9. The van der Waals surface area contributed by atoms with Crippen LogP contribution in [0.1, 0.15) is 44.7 Å². The van der Waals surface area contributed by atoms with Crippen molar-refractivity contribution in [3.63, 3.8) is 0 Å². The molecule has 226 valence electrons. The Morgan fingerprint density at radius 3 is 2.12 bits per heavy atom. The number of hydrogen-bond donors (Lipinski definition) is 1. The highest BCUT2D eigenvalue weighted by molar-refractivity contribution is 7.92. The summed E-state index contributed by atoms with van der Waals surface area (Å²) in [6.45, 7) is 7.26. The van der Waals surface area contributed by atoms with E-state index in [4.69, 9.17) is 9.47 Å². The maximum atomic E-state index is 14.2. The lowest BCUT2D eigenvalue weighted by atomic mass is 10.1. The summed E-state index contributed by atoms with van der Waals surface area (Å²) >= 11 is 0. The maximum absolute atomic E-state index is 14.2. The Kier molecular flexibility index (Phi) is 11.4. The molecule has 2 atom stereocenters. The van der Waals surface area contributed by atoms with Gasteiger partial charge in [-0.15, -0.1) is 0 Å². The van der Waals surface area contributed by atoms with E-state index < -0.39 is 28.5 Å². The van der Waals surface area contributed by atoms with Crippen molar-refractivity contribution in [2.24, 2.45) is 0 Å². The molecule has 0 unspecified atom stereocenters. The lowest BCUT2D eigenvalue weighted by Gasteiger charge is -2.34. The number of amides is 2. The molecule has 1 N–H and O–H groups in total. The minimum absolute atomic E-state index is 0.0274. The summed E-state index contributed by atoms with van der Waals surface area (Å²) in [5, 5.41) is 2.99. The minimum atomic E-state index is -4.19. The van der Waals surface area contributed by atoms with E-state index in [0.29, 0.717) is 17.9 Å². The van der Waals surface area contributed by atoms with Crippen LogP contribution < -0.4 is 19.1 Å².